The lowest BCUT2D eigenvalue weighted by Gasteiger charge is -2.39. The van der Waals surface area contributed by atoms with Gasteiger partial charge in [-0.15, -0.1) is 0 Å². The monoisotopic (exact) mass is 260 g/mol. The second kappa shape index (κ2) is 4.87. The number of carbonyl (C=O) groups excluding carboxylic acids is 2. The van der Waals surface area contributed by atoms with Gasteiger partial charge in [-0.1, -0.05) is 0 Å². The van der Waals surface area contributed by atoms with E-state index in [4.69, 9.17) is 0 Å². The van der Waals surface area contributed by atoms with Crippen molar-refractivity contribution in [1.82, 2.24) is 14.8 Å². The van der Waals surface area contributed by atoms with Gasteiger partial charge in [0.15, 0.2) is 0 Å². The number of carbonyl (C=O) groups is 2. The molecule has 100 valence electrons. The standard InChI is InChI=1S/C13H16N4O2/c18-9-16-5-2-11(3-6-16)17-8-10-1-4-14-7-12(10)15-13(17)19/h1,4,7,9,11H,2-3,5-6,8H2,(H,15,19). The van der Waals surface area contributed by atoms with E-state index in [2.05, 4.69) is 10.3 Å². The first-order chi connectivity index (χ1) is 9.28. The van der Waals surface area contributed by atoms with Crippen LogP contribution in [-0.2, 0) is 11.3 Å². The van der Waals surface area contributed by atoms with Crippen LogP contribution in [0.4, 0.5) is 10.5 Å². The molecule has 0 bridgehead atoms. The number of urea groups is 1. The lowest BCUT2D eigenvalue weighted by Crippen LogP contribution is -2.49. The molecular formula is C13H16N4O2. The van der Waals surface area contributed by atoms with Crippen LogP contribution in [0.15, 0.2) is 18.5 Å². The summed E-state index contributed by atoms with van der Waals surface area (Å²) in [4.78, 5) is 30.4. The van der Waals surface area contributed by atoms with Crippen molar-refractivity contribution in [2.75, 3.05) is 18.4 Å². The summed E-state index contributed by atoms with van der Waals surface area (Å²) in [7, 11) is 0. The Hall–Kier alpha value is -2.11. The first kappa shape index (κ1) is 12.0. The predicted octanol–water partition coefficient (Wildman–Crippen LogP) is 1.05. The Balaban J connectivity index is 1.73. The lowest BCUT2D eigenvalue weighted by molar-refractivity contribution is -0.119. The van der Waals surface area contributed by atoms with Crippen molar-refractivity contribution in [3.8, 4) is 0 Å². The van der Waals surface area contributed by atoms with Crippen LogP contribution in [0.2, 0.25) is 0 Å². The Morgan fingerprint density at radius 1 is 1.37 bits per heavy atom. The van der Waals surface area contributed by atoms with Gasteiger partial charge in [-0.3, -0.25) is 9.78 Å². The Bertz CT molecular complexity index is 497. The third-order valence-electron chi connectivity index (χ3n) is 3.84. The maximum absolute atomic E-state index is 12.1. The smallest absolute Gasteiger partial charge is 0.322 e. The number of rotatable bonds is 2. The Morgan fingerprint density at radius 3 is 2.89 bits per heavy atom. The topological polar surface area (TPSA) is 65.5 Å². The molecule has 1 N–H and O–H groups in total. The van der Waals surface area contributed by atoms with Gasteiger partial charge in [0.1, 0.15) is 0 Å². The van der Waals surface area contributed by atoms with Crippen LogP contribution in [0.3, 0.4) is 0 Å². The van der Waals surface area contributed by atoms with Gasteiger partial charge in [0, 0.05) is 31.9 Å². The zero-order valence-corrected chi connectivity index (χ0v) is 10.6. The fourth-order valence-electron chi connectivity index (χ4n) is 2.71. The maximum Gasteiger partial charge on any atom is 0.322 e. The van der Waals surface area contributed by atoms with Crippen molar-refractivity contribution in [3.05, 3.63) is 24.0 Å². The van der Waals surface area contributed by atoms with E-state index in [-0.39, 0.29) is 12.1 Å². The quantitative estimate of drug-likeness (QED) is 0.808. The van der Waals surface area contributed by atoms with Crippen LogP contribution in [0, 0.1) is 0 Å². The maximum atomic E-state index is 12.1. The zero-order chi connectivity index (χ0) is 13.2. The molecule has 3 rings (SSSR count). The second-order valence-corrected chi connectivity index (χ2v) is 4.96. The minimum Gasteiger partial charge on any atom is -0.345 e. The third kappa shape index (κ3) is 2.25. The van der Waals surface area contributed by atoms with Crippen molar-refractivity contribution < 1.29 is 9.59 Å². The average molecular weight is 260 g/mol. The van der Waals surface area contributed by atoms with Crippen LogP contribution in [0.5, 0.6) is 0 Å². The van der Waals surface area contributed by atoms with Crippen LogP contribution in [-0.4, -0.2) is 46.4 Å². The first-order valence-electron chi connectivity index (χ1n) is 6.48. The molecule has 1 fully saturated rings. The fourth-order valence-corrected chi connectivity index (χ4v) is 2.71. The highest BCUT2D eigenvalue weighted by atomic mass is 16.2. The Morgan fingerprint density at radius 2 is 2.16 bits per heavy atom. The van der Waals surface area contributed by atoms with E-state index in [0.717, 1.165) is 43.6 Å². The van der Waals surface area contributed by atoms with Crippen LogP contribution in [0.1, 0.15) is 18.4 Å². The third-order valence-corrected chi connectivity index (χ3v) is 3.84. The summed E-state index contributed by atoms with van der Waals surface area (Å²) in [5.41, 5.74) is 1.89. The summed E-state index contributed by atoms with van der Waals surface area (Å²) in [6, 6.07) is 2.07. The fraction of sp³-hybridized carbons (Fsp3) is 0.462. The molecule has 6 nitrogen and oxygen atoms in total. The van der Waals surface area contributed by atoms with E-state index >= 15 is 0 Å². The van der Waals surface area contributed by atoms with Gasteiger partial charge in [-0.05, 0) is 24.5 Å². The summed E-state index contributed by atoms with van der Waals surface area (Å²) in [5.74, 6) is 0. The van der Waals surface area contributed by atoms with E-state index < -0.39 is 0 Å². The lowest BCUT2D eigenvalue weighted by atomic mass is 10.0. The molecule has 1 saturated heterocycles. The van der Waals surface area contributed by atoms with E-state index in [1.54, 1.807) is 17.3 Å². The van der Waals surface area contributed by atoms with Gasteiger partial charge < -0.3 is 15.1 Å². The van der Waals surface area contributed by atoms with Gasteiger partial charge in [-0.2, -0.15) is 0 Å². The highest BCUT2D eigenvalue weighted by Gasteiger charge is 2.31. The van der Waals surface area contributed by atoms with Crippen LogP contribution < -0.4 is 5.32 Å². The number of nitrogens with one attached hydrogen (secondary N) is 1. The molecule has 1 aromatic heterocycles. The van der Waals surface area contributed by atoms with E-state index in [9.17, 15) is 9.59 Å². The number of pyridine rings is 1. The Labute approximate surface area is 111 Å². The van der Waals surface area contributed by atoms with Gasteiger partial charge >= 0.3 is 6.03 Å². The van der Waals surface area contributed by atoms with Gasteiger partial charge in [0.2, 0.25) is 6.41 Å². The molecule has 0 aromatic carbocycles. The summed E-state index contributed by atoms with van der Waals surface area (Å²) in [6.07, 6.45) is 5.98. The minimum absolute atomic E-state index is 0.0648. The first-order valence-corrected chi connectivity index (χ1v) is 6.48. The zero-order valence-electron chi connectivity index (χ0n) is 10.6. The molecule has 2 aliphatic rings. The number of likely N-dealkylation sites (tertiary alicyclic amines) is 1. The van der Waals surface area contributed by atoms with Crippen molar-refractivity contribution in [1.29, 1.82) is 0 Å². The van der Waals surface area contributed by atoms with Crippen molar-refractivity contribution in [2.24, 2.45) is 0 Å². The molecule has 3 amide bonds. The van der Waals surface area contributed by atoms with Crippen LogP contribution >= 0.6 is 0 Å². The molecule has 0 unspecified atom stereocenters. The summed E-state index contributed by atoms with van der Waals surface area (Å²) in [5, 5.41) is 2.87. The SMILES string of the molecule is O=CN1CCC(N2Cc3ccncc3NC2=O)CC1. The van der Waals surface area contributed by atoms with Crippen molar-refractivity contribution >= 4 is 18.1 Å². The van der Waals surface area contributed by atoms with E-state index in [1.807, 2.05) is 11.0 Å². The van der Waals surface area contributed by atoms with Gasteiger partial charge in [0.25, 0.3) is 0 Å². The molecule has 1 aromatic rings. The van der Waals surface area contributed by atoms with Gasteiger partial charge in [-0.25, -0.2) is 4.79 Å². The van der Waals surface area contributed by atoms with Gasteiger partial charge in [0.05, 0.1) is 11.9 Å². The number of aromatic nitrogens is 1. The van der Waals surface area contributed by atoms with E-state index in [0.29, 0.717) is 6.54 Å². The van der Waals surface area contributed by atoms with Crippen molar-refractivity contribution in [3.63, 3.8) is 0 Å². The molecule has 0 saturated carbocycles. The number of amides is 3. The molecule has 0 aliphatic carbocycles. The largest absolute Gasteiger partial charge is 0.345 e. The van der Waals surface area contributed by atoms with Crippen LogP contribution in [0.25, 0.3) is 0 Å². The molecule has 2 aliphatic heterocycles. The predicted molar refractivity (Wildman–Crippen MR) is 69.5 cm³/mol. The molecular weight excluding hydrogens is 244 g/mol. The number of nitrogens with zero attached hydrogens (tertiary/aromatic N) is 3. The molecule has 0 spiro atoms. The molecule has 6 heteroatoms. The molecule has 0 radical (unpaired) electrons. The second-order valence-electron chi connectivity index (χ2n) is 4.96. The molecule has 0 atom stereocenters. The normalized spacial score (nSPS) is 19.9. The van der Waals surface area contributed by atoms with Crippen molar-refractivity contribution in [2.45, 2.75) is 25.4 Å². The summed E-state index contributed by atoms with van der Waals surface area (Å²) < 4.78 is 0. The van der Waals surface area contributed by atoms with E-state index in [1.165, 1.54) is 0 Å². The highest BCUT2D eigenvalue weighted by molar-refractivity contribution is 5.92. The number of anilines is 1. The number of hydrogen-bond donors (Lipinski definition) is 1. The summed E-state index contributed by atoms with van der Waals surface area (Å²) >= 11 is 0. The Kier molecular flexibility index (Phi) is 3.06. The summed E-state index contributed by atoms with van der Waals surface area (Å²) in [6.45, 7) is 2.07. The number of fused-ring (bicyclic) bond motifs is 1. The number of hydrogen-bond acceptors (Lipinski definition) is 3. The average Bonchev–Trinajstić information content (AvgIpc) is 2.47. The minimum atomic E-state index is -0.0648. The highest BCUT2D eigenvalue weighted by Crippen LogP contribution is 2.26. The molecule has 3 heterocycles. The number of piperidine rings is 1. The molecule has 19 heavy (non-hydrogen) atoms.